The van der Waals surface area contributed by atoms with Crippen LogP contribution < -0.4 is 18.9 Å². The van der Waals surface area contributed by atoms with E-state index in [0.717, 1.165) is 22.7 Å². The number of benzene rings is 12. The second-order valence-electron chi connectivity index (χ2n) is 27.6. The molecule has 0 saturated carbocycles. The number of nitrogens with zero attached hydrogens (tertiary/aromatic N) is 8. The van der Waals surface area contributed by atoms with Crippen molar-refractivity contribution in [2.45, 2.75) is 101 Å². The molecule has 20 nitrogen and oxygen atoms in total. The first-order valence-corrected chi connectivity index (χ1v) is 37.8. The predicted molar refractivity (Wildman–Crippen MR) is 432 cm³/mol. The fourth-order valence-electron chi connectivity index (χ4n) is 14.0. The minimum Gasteiger partial charge on any atom is -0.508 e. The van der Waals surface area contributed by atoms with Crippen LogP contribution in [-0.4, -0.2) is 67.3 Å². The van der Waals surface area contributed by atoms with Gasteiger partial charge in [0, 0.05) is 92.4 Å². The standard InChI is InChI=1S/C92H88N8O12/c101-85-57-87(103)79-53-77(85)73(29-13-17-49-109-69-41-33-65(34-42-69)97-93-61-21-5-1-6-22-61)78-54-80(88(104)58-86(78)102)75(31-15-19-51-111-71-45-37-67(38-46-71)99-95-63-25-9-3-10-26-63)82-56-84(92(108)60-90(82)106)76(32-16-20-52-112-72-47-39-68(40-48-72)100-96-64-27-11-4-12-28-64)83-55-81(89(105)59-91(83)107)74(79)30-14-18-50-110-70-43-35-66(36-44-70)98-94-62-23-7-2-8-24-62/h1-12,21-28,33-48,53-60,73-76,101-108H,13-20,29-32,49-52H2. The van der Waals surface area contributed by atoms with E-state index in [2.05, 4.69) is 40.9 Å². The van der Waals surface area contributed by atoms with Gasteiger partial charge in [0.1, 0.15) is 69.0 Å². The molecule has 0 aliphatic heterocycles. The number of hydrogen-bond acceptors (Lipinski definition) is 20. The van der Waals surface area contributed by atoms with Crippen LogP contribution in [0.3, 0.4) is 0 Å². The van der Waals surface area contributed by atoms with Crippen molar-refractivity contribution in [2.75, 3.05) is 26.4 Å². The van der Waals surface area contributed by atoms with Gasteiger partial charge in [-0.25, -0.2) is 0 Å². The number of ether oxygens (including phenoxy) is 4. The molecule has 1 aliphatic carbocycles. The van der Waals surface area contributed by atoms with E-state index in [-0.39, 0.29) is 46.0 Å². The van der Waals surface area contributed by atoms with Gasteiger partial charge in [0.15, 0.2) is 0 Å². The molecular formula is C92H88N8O12. The summed E-state index contributed by atoms with van der Waals surface area (Å²) in [4.78, 5) is 0. The molecule has 0 unspecified atom stereocenters. The summed E-state index contributed by atoms with van der Waals surface area (Å²) in [6, 6.07) is 79.0. The zero-order valence-electron chi connectivity index (χ0n) is 61.8. The second kappa shape index (κ2) is 38.1. The van der Waals surface area contributed by atoms with Gasteiger partial charge >= 0.3 is 0 Å². The van der Waals surface area contributed by atoms with Gasteiger partial charge in [-0.05, 0) is 247 Å². The maximum atomic E-state index is 12.4. The molecule has 13 rings (SSSR count). The normalized spacial score (nSPS) is 14.8. The molecule has 0 radical (unpaired) electrons. The predicted octanol–water partition coefficient (Wildman–Crippen LogP) is 24.8. The summed E-state index contributed by atoms with van der Waals surface area (Å²) in [7, 11) is 0. The molecule has 568 valence electrons. The van der Waals surface area contributed by atoms with E-state index in [1.807, 2.05) is 218 Å². The van der Waals surface area contributed by atoms with Crippen LogP contribution in [0.2, 0.25) is 0 Å². The Hall–Kier alpha value is -13.4. The molecule has 0 fully saturated rings. The lowest BCUT2D eigenvalue weighted by molar-refractivity contribution is 0.303. The first kappa shape index (κ1) is 76.8. The van der Waals surface area contributed by atoms with E-state index in [9.17, 15) is 40.9 Å². The van der Waals surface area contributed by atoms with Crippen LogP contribution in [0.25, 0.3) is 0 Å². The van der Waals surface area contributed by atoms with Crippen LogP contribution in [0.15, 0.2) is 308 Å². The molecule has 12 aromatic rings. The van der Waals surface area contributed by atoms with Crippen molar-refractivity contribution in [1.82, 2.24) is 0 Å². The fourth-order valence-corrected chi connectivity index (χ4v) is 14.0. The van der Waals surface area contributed by atoms with E-state index in [4.69, 9.17) is 18.9 Å². The number of fused-ring (bicyclic) bond motifs is 8. The molecule has 0 atom stereocenters. The zero-order chi connectivity index (χ0) is 77.4. The Balaban J connectivity index is 0.835. The SMILES string of the molecule is Oc1cc(O)c2cc1C(CCCCOc1ccc(N=Nc3ccccc3)cc1)c1cc(c(O)cc1O)C(CCCCOc1ccc(N=Nc3ccccc3)cc1)c1cc(c(O)cc1O)C(CCCCOc1ccc(N=Nc3ccccc3)cc1)c1cc(c(O)cc1O)C2CCCCOc1ccc(N=Nc2ccccc2)cc1. The van der Waals surface area contributed by atoms with Crippen LogP contribution in [-0.2, 0) is 0 Å². The van der Waals surface area contributed by atoms with Gasteiger partial charge in [-0.3, -0.25) is 0 Å². The van der Waals surface area contributed by atoms with Crippen molar-refractivity contribution in [2.24, 2.45) is 40.9 Å². The maximum Gasteiger partial charge on any atom is 0.123 e. The Labute approximate surface area is 650 Å². The molecule has 1 aliphatic rings. The Kier molecular flexibility index (Phi) is 26.2. The molecule has 0 spiro atoms. The molecule has 8 N–H and O–H groups in total. The van der Waals surface area contributed by atoms with Gasteiger partial charge in [-0.15, -0.1) is 0 Å². The molecule has 8 bridgehead atoms. The van der Waals surface area contributed by atoms with Crippen LogP contribution in [0.4, 0.5) is 45.5 Å². The first-order valence-electron chi connectivity index (χ1n) is 37.8. The molecule has 0 aromatic heterocycles. The van der Waals surface area contributed by atoms with Crippen molar-refractivity contribution in [3.8, 4) is 69.0 Å². The molecule has 0 heterocycles. The lowest BCUT2D eigenvalue weighted by Crippen LogP contribution is -2.12. The number of hydrogen-bond donors (Lipinski definition) is 8. The van der Waals surface area contributed by atoms with Crippen LogP contribution in [0, 0.1) is 0 Å². The van der Waals surface area contributed by atoms with E-state index in [1.54, 1.807) is 24.3 Å². The highest BCUT2D eigenvalue weighted by molar-refractivity contribution is 5.63. The third kappa shape index (κ3) is 20.7. The minimum absolute atomic E-state index is 0.271. The third-order valence-electron chi connectivity index (χ3n) is 19.8. The molecular weight excluding hydrogens is 1410 g/mol. The van der Waals surface area contributed by atoms with Crippen LogP contribution >= 0.6 is 0 Å². The van der Waals surface area contributed by atoms with Crippen molar-refractivity contribution in [1.29, 1.82) is 0 Å². The van der Waals surface area contributed by atoms with E-state index < -0.39 is 23.7 Å². The average molecular weight is 1500 g/mol. The molecule has 112 heavy (non-hydrogen) atoms. The van der Waals surface area contributed by atoms with E-state index in [0.29, 0.717) is 194 Å². The van der Waals surface area contributed by atoms with Crippen LogP contribution in [0.5, 0.6) is 69.0 Å². The van der Waals surface area contributed by atoms with Crippen molar-refractivity contribution < 1.29 is 59.8 Å². The fraction of sp³-hybridized carbons (Fsp3) is 0.217. The number of azo groups is 4. The van der Waals surface area contributed by atoms with Gasteiger partial charge in [0.25, 0.3) is 0 Å². The Morgan fingerprint density at radius 2 is 0.348 bits per heavy atom. The Morgan fingerprint density at radius 3 is 0.518 bits per heavy atom. The van der Waals surface area contributed by atoms with E-state index in [1.165, 1.54) is 24.3 Å². The highest BCUT2D eigenvalue weighted by atomic mass is 16.5. The van der Waals surface area contributed by atoms with Crippen molar-refractivity contribution in [3.05, 3.63) is 311 Å². The smallest absolute Gasteiger partial charge is 0.123 e. The Morgan fingerprint density at radius 1 is 0.188 bits per heavy atom. The molecule has 20 heteroatoms. The minimum atomic E-state index is -0.821. The summed E-state index contributed by atoms with van der Waals surface area (Å²) in [5.41, 5.74) is 8.22. The summed E-state index contributed by atoms with van der Waals surface area (Å²) < 4.78 is 25.1. The third-order valence-corrected chi connectivity index (χ3v) is 19.8. The second-order valence-corrected chi connectivity index (χ2v) is 27.6. The number of rotatable bonds is 32. The van der Waals surface area contributed by atoms with Gasteiger partial charge in [-0.2, -0.15) is 40.9 Å². The van der Waals surface area contributed by atoms with Gasteiger partial charge in [0.05, 0.1) is 71.9 Å². The zero-order valence-corrected chi connectivity index (χ0v) is 61.8. The summed E-state index contributed by atoms with van der Waals surface area (Å²) in [5.74, 6) is -2.97. The van der Waals surface area contributed by atoms with Gasteiger partial charge in [0.2, 0.25) is 0 Å². The quantitative estimate of drug-likeness (QED) is 0.0144. The Bertz CT molecular complexity index is 4430. The largest absolute Gasteiger partial charge is 0.508 e. The van der Waals surface area contributed by atoms with Gasteiger partial charge in [-0.1, -0.05) is 72.8 Å². The van der Waals surface area contributed by atoms with Gasteiger partial charge < -0.3 is 59.8 Å². The van der Waals surface area contributed by atoms with Crippen molar-refractivity contribution in [3.63, 3.8) is 0 Å². The molecule has 0 amide bonds. The summed E-state index contributed by atoms with van der Waals surface area (Å²) in [5, 5.41) is 134. The highest BCUT2D eigenvalue weighted by Crippen LogP contribution is 2.53. The number of aromatic hydroxyl groups is 8. The molecule has 0 saturated heterocycles. The monoisotopic (exact) mass is 1500 g/mol. The van der Waals surface area contributed by atoms with Crippen molar-refractivity contribution >= 4 is 45.5 Å². The van der Waals surface area contributed by atoms with Crippen LogP contribution in [0.1, 0.15) is 145 Å². The van der Waals surface area contributed by atoms with E-state index >= 15 is 0 Å². The lowest BCUT2D eigenvalue weighted by Gasteiger charge is -2.29. The summed E-state index contributed by atoms with van der Waals surface area (Å²) >= 11 is 0. The molecule has 12 aromatic carbocycles. The highest BCUT2D eigenvalue weighted by Gasteiger charge is 2.34. The maximum absolute atomic E-state index is 12.4. The summed E-state index contributed by atoms with van der Waals surface area (Å²) in [6.07, 6.45) is 5.25. The number of unbranched alkanes of at least 4 members (excludes halogenated alkanes) is 4. The number of phenolic OH excluding ortho intramolecular Hbond substituents is 8. The number of phenols is 8. The average Bonchev–Trinajstić information content (AvgIpc) is 0.752. The first-order chi connectivity index (χ1) is 54.8. The lowest BCUT2D eigenvalue weighted by atomic mass is 9.76. The topological polar surface area (TPSA) is 298 Å². The summed E-state index contributed by atoms with van der Waals surface area (Å²) in [6.45, 7) is 1.19.